The molecule has 0 bridgehead atoms. The number of piperazine rings is 1. The smallest absolute Gasteiger partial charge is 0.227 e. The molecule has 2 aliphatic heterocycles. The van der Waals surface area contributed by atoms with Crippen molar-refractivity contribution in [2.45, 2.75) is 12.8 Å². The molecule has 1 aromatic carbocycles. The van der Waals surface area contributed by atoms with Crippen LogP contribution in [0.2, 0.25) is 5.02 Å². The predicted octanol–water partition coefficient (Wildman–Crippen LogP) is 2.88. The molecule has 32 heavy (non-hydrogen) atoms. The first-order valence-electron chi connectivity index (χ1n) is 11.0. The Morgan fingerprint density at radius 3 is 2.59 bits per heavy atom. The monoisotopic (exact) mass is 451 g/mol. The third-order valence-electron chi connectivity index (χ3n) is 6.24. The molecule has 2 aromatic heterocycles. The van der Waals surface area contributed by atoms with Crippen LogP contribution in [0.3, 0.4) is 0 Å². The second-order valence-electron chi connectivity index (χ2n) is 8.26. The maximum atomic E-state index is 13.3. The highest BCUT2D eigenvalue weighted by Gasteiger charge is 2.31. The van der Waals surface area contributed by atoms with Crippen LogP contribution in [0.4, 0.5) is 11.5 Å². The van der Waals surface area contributed by atoms with Gasteiger partial charge in [-0.2, -0.15) is 5.10 Å². The van der Waals surface area contributed by atoms with Gasteiger partial charge in [-0.25, -0.2) is 14.6 Å². The molecule has 0 N–H and O–H groups in total. The highest BCUT2D eigenvalue weighted by atomic mass is 35.5. The number of nitrogens with zero attached hydrogens (tertiary/aromatic N) is 7. The summed E-state index contributed by atoms with van der Waals surface area (Å²) in [6.07, 6.45) is 7.04. The van der Waals surface area contributed by atoms with Gasteiger partial charge in [-0.05, 0) is 37.1 Å². The molecule has 2 saturated heterocycles. The summed E-state index contributed by atoms with van der Waals surface area (Å²) < 4.78 is 1.72. The van der Waals surface area contributed by atoms with Crippen molar-refractivity contribution >= 4 is 29.0 Å². The number of piperidine rings is 1. The van der Waals surface area contributed by atoms with E-state index in [1.54, 1.807) is 17.2 Å². The molecule has 0 aliphatic carbocycles. The molecule has 0 radical (unpaired) electrons. The Bertz CT molecular complexity index is 1070. The topological polar surface area (TPSA) is 70.4 Å². The summed E-state index contributed by atoms with van der Waals surface area (Å²) in [7, 11) is 0. The van der Waals surface area contributed by atoms with Crippen LogP contribution in [0.5, 0.6) is 0 Å². The first-order chi connectivity index (χ1) is 15.7. The van der Waals surface area contributed by atoms with Gasteiger partial charge < -0.3 is 14.7 Å². The van der Waals surface area contributed by atoms with E-state index < -0.39 is 0 Å². The van der Waals surface area contributed by atoms with Crippen molar-refractivity contribution in [3.63, 3.8) is 0 Å². The lowest BCUT2D eigenvalue weighted by Crippen LogP contribution is -2.52. The van der Waals surface area contributed by atoms with E-state index in [4.69, 9.17) is 11.6 Å². The third-order valence-corrected chi connectivity index (χ3v) is 6.47. The minimum absolute atomic E-state index is 0.00964. The van der Waals surface area contributed by atoms with E-state index in [2.05, 4.69) is 30.9 Å². The van der Waals surface area contributed by atoms with Crippen molar-refractivity contribution in [2.75, 3.05) is 49.1 Å². The number of carbonyl (C=O) groups is 1. The average molecular weight is 452 g/mol. The van der Waals surface area contributed by atoms with Crippen molar-refractivity contribution in [3.8, 4) is 5.82 Å². The van der Waals surface area contributed by atoms with Crippen LogP contribution in [0.15, 0.2) is 55.1 Å². The molecular formula is C23H26ClN7O. The minimum Gasteiger partial charge on any atom is -0.368 e. The second kappa shape index (κ2) is 9.16. The van der Waals surface area contributed by atoms with E-state index >= 15 is 0 Å². The van der Waals surface area contributed by atoms with Crippen molar-refractivity contribution in [3.05, 3.63) is 60.1 Å². The standard InChI is InChI=1S/C23H26ClN7O/c24-19-5-1-6-20(14-19)28-10-12-29(13-11-28)23(32)18-4-2-8-30(16-18)21-15-22(26-17-25-21)31-9-3-7-27-31/h1,3,5-7,9,14-15,17-18H,2,4,8,10-13,16H2. The Kier molecular flexibility index (Phi) is 5.94. The molecule has 3 aromatic rings. The van der Waals surface area contributed by atoms with E-state index in [9.17, 15) is 4.79 Å². The quantitative estimate of drug-likeness (QED) is 0.607. The number of aromatic nitrogens is 4. The zero-order valence-corrected chi connectivity index (χ0v) is 18.6. The molecule has 1 unspecified atom stereocenters. The minimum atomic E-state index is -0.00964. The molecule has 9 heteroatoms. The summed E-state index contributed by atoms with van der Waals surface area (Å²) in [6, 6.07) is 11.7. The van der Waals surface area contributed by atoms with Gasteiger partial charge in [0, 0.05) is 68.4 Å². The summed E-state index contributed by atoms with van der Waals surface area (Å²) in [5.41, 5.74) is 1.12. The van der Waals surface area contributed by atoms with Crippen LogP contribution < -0.4 is 9.80 Å². The molecule has 5 rings (SSSR count). The van der Waals surface area contributed by atoms with Gasteiger partial charge in [0.25, 0.3) is 0 Å². The van der Waals surface area contributed by atoms with Crippen molar-refractivity contribution in [1.29, 1.82) is 0 Å². The van der Waals surface area contributed by atoms with E-state index in [0.29, 0.717) is 6.54 Å². The summed E-state index contributed by atoms with van der Waals surface area (Å²) in [6.45, 7) is 4.69. The number of amides is 1. The van der Waals surface area contributed by atoms with Gasteiger partial charge >= 0.3 is 0 Å². The van der Waals surface area contributed by atoms with Gasteiger partial charge in [0.05, 0.1) is 5.92 Å². The number of hydrogen-bond acceptors (Lipinski definition) is 6. The van der Waals surface area contributed by atoms with E-state index in [-0.39, 0.29) is 11.8 Å². The SMILES string of the molecule is O=C(C1CCCN(c2cc(-n3cccn3)ncn2)C1)N1CCN(c2cccc(Cl)c2)CC1. The fourth-order valence-electron chi connectivity index (χ4n) is 4.54. The number of benzene rings is 1. The molecule has 2 aliphatic rings. The lowest BCUT2D eigenvalue weighted by Gasteiger charge is -2.40. The van der Waals surface area contributed by atoms with Crippen LogP contribution in [0.25, 0.3) is 5.82 Å². The van der Waals surface area contributed by atoms with Crippen LogP contribution in [0.1, 0.15) is 12.8 Å². The van der Waals surface area contributed by atoms with E-state index in [1.165, 1.54) is 0 Å². The number of halogens is 1. The fraction of sp³-hybridized carbons (Fsp3) is 0.391. The van der Waals surface area contributed by atoms with Gasteiger partial charge in [-0.1, -0.05) is 17.7 Å². The summed E-state index contributed by atoms with van der Waals surface area (Å²) in [5, 5.41) is 4.99. The van der Waals surface area contributed by atoms with Crippen molar-refractivity contribution in [1.82, 2.24) is 24.6 Å². The average Bonchev–Trinajstić information content (AvgIpc) is 3.39. The Morgan fingerprint density at radius 1 is 0.969 bits per heavy atom. The molecular weight excluding hydrogens is 426 g/mol. The van der Waals surface area contributed by atoms with Crippen molar-refractivity contribution < 1.29 is 4.79 Å². The second-order valence-corrected chi connectivity index (χ2v) is 8.70. The first-order valence-corrected chi connectivity index (χ1v) is 11.4. The Morgan fingerprint density at radius 2 is 1.81 bits per heavy atom. The molecule has 1 atom stereocenters. The largest absolute Gasteiger partial charge is 0.368 e. The molecule has 1 amide bonds. The van der Waals surface area contributed by atoms with Crippen LogP contribution >= 0.6 is 11.6 Å². The number of hydrogen-bond donors (Lipinski definition) is 0. The predicted molar refractivity (Wildman–Crippen MR) is 124 cm³/mol. The normalized spacial score (nSPS) is 19.3. The molecule has 4 heterocycles. The molecule has 0 spiro atoms. The van der Waals surface area contributed by atoms with Gasteiger partial charge in [0.15, 0.2) is 5.82 Å². The van der Waals surface area contributed by atoms with Gasteiger partial charge in [0.1, 0.15) is 12.1 Å². The number of rotatable bonds is 4. The Labute approximate surface area is 192 Å². The lowest BCUT2D eigenvalue weighted by molar-refractivity contribution is -0.136. The van der Waals surface area contributed by atoms with E-state index in [0.717, 1.165) is 67.9 Å². The van der Waals surface area contributed by atoms with Crippen LogP contribution in [-0.2, 0) is 4.79 Å². The summed E-state index contributed by atoms with van der Waals surface area (Å²) in [4.78, 5) is 28.6. The highest BCUT2D eigenvalue weighted by Crippen LogP contribution is 2.25. The molecule has 8 nitrogen and oxygen atoms in total. The van der Waals surface area contributed by atoms with E-state index in [1.807, 2.05) is 41.4 Å². The molecule has 0 saturated carbocycles. The molecule has 2 fully saturated rings. The van der Waals surface area contributed by atoms with Gasteiger partial charge in [-0.3, -0.25) is 4.79 Å². The number of carbonyl (C=O) groups excluding carboxylic acids is 1. The number of anilines is 2. The third kappa shape index (κ3) is 4.41. The maximum absolute atomic E-state index is 13.3. The van der Waals surface area contributed by atoms with Crippen molar-refractivity contribution in [2.24, 2.45) is 5.92 Å². The maximum Gasteiger partial charge on any atom is 0.227 e. The van der Waals surface area contributed by atoms with Crippen LogP contribution in [-0.4, -0.2) is 69.8 Å². The lowest BCUT2D eigenvalue weighted by atomic mass is 9.96. The highest BCUT2D eigenvalue weighted by molar-refractivity contribution is 6.30. The Hall–Kier alpha value is -3.13. The fourth-order valence-corrected chi connectivity index (χ4v) is 4.73. The molecule has 166 valence electrons. The van der Waals surface area contributed by atoms with Crippen LogP contribution in [0, 0.1) is 5.92 Å². The van der Waals surface area contributed by atoms with Gasteiger partial charge in [0.2, 0.25) is 5.91 Å². The van der Waals surface area contributed by atoms with Gasteiger partial charge in [-0.15, -0.1) is 0 Å². The zero-order valence-electron chi connectivity index (χ0n) is 17.8. The first kappa shape index (κ1) is 20.8. The zero-order chi connectivity index (χ0) is 21.9. The summed E-state index contributed by atoms with van der Waals surface area (Å²) >= 11 is 6.14. The Balaban J connectivity index is 1.21. The summed E-state index contributed by atoms with van der Waals surface area (Å²) in [5.74, 6) is 1.81.